The summed E-state index contributed by atoms with van der Waals surface area (Å²) in [7, 11) is 0. The van der Waals surface area contributed by atoms with E-state index in [1.807, 2.05) is 6.20 Å². The van der Waals surface area contributed by atoms with Crippen molar-refractivity contribution in [2.45, 2.75) is 103 Å². The highest BCUT2D eigenvalue weighted by atomic mass is 15.4. The molecule has 0 bridgehead atoms. The molecule has 0 amide bonds. The lowest BCUT2D eigenvalue weighted by molar-refractivity contribution is 0.418. The van der Waals surface area contributed by atoms with Gasteiger partial charge in [-0.05, 0) is 19.3 Å². The first kappa shape index (κ1) is 18.4. The van der Waals surface area contributed by atoms with E-state index >= 15 is 0 Å². The van der Waals surface area contributed by atoms with E-state index < -0.39 is 0 Å². The summed E-state index contributed by atoms with van der Waals surface area (Å²) in [6.45, 7) is 6.91. The second-order valence-electron chi connectivity index (χ2n) is 7.17. The van der Waals surface area contributed by atoms with Gasteiger partial charge in [0.25, 0.3) is 0 Å². The van der Waals surface area contributed by atoms with Crippen molar-refractivity contribution in [1.29, 1.82) is 0 Å². The van der Waals surface area contributed by atoms with Crippen LogP contribution in [0, 0.1) is 0 Å². The van der Waals surface area contributed by atoms with Crippen LogP contribution in [-0.4, -0.2) is 22.4 Å². The molecule has 0 saturated heterocycles. The largest absolute Gasteiger partial charge is 0.354 e. The summed E-state index contributed by atoms with van der Waals surface area (Å²) in [6.07, 6.45) is 18.4. The standard InChI is InChI=1S/C20H37N3/c1-3-5-7-9-11-14-19(13-10-8-6-4-2)22-17-12-18-23-20(22)15-16-21-23/h15-16,19H,3-14,17-18H2,1-2H3. The van der Waals surface area contributed by atoms with Gasteiger partial charge < -0.3 is 4.90 Å². The third-order valence-corrected chi connectivity index (χ3v) is 5.23. The van der Waals surface area contributed by atoms with Crippen LogP contribution in [0.5, 0.6) is 0 Å². The summed E-state index contributed by atoms with van der Waals surface area (Å²) in [5, 5.41) is 4.49. The minimum atomic E-state index is 0.726. The molecule has 1 aliphatic heterocycles. The van der Waals surface area contributed by atoms with Gasteiger partial charge in [0, 0.05) is 25.2 Å². The Hall–Kier alpha value is -0.990. The van der Waals surface area contributed by atoms with Gasteiger partial charge in [-0.1, -0.05) is 71.6 Å². The molecule has 0 N–H and O–H groups in total. The van der Waals surface area contributed by atoms with Crippen LogP contribution in [0.2, 0.25) is 0 Å². The topological polar surface area (TPSA) is 21.1 Å². The average molecular weight is 320 g/mol. The van der Waals surface area contributed by atoms with Gasteiger partial charge in [-0.2, -0.15) is 5.10 Å². The number of aryl methyl sites for hydroxylation is 1. The van der Waals surface area contributed by atoms with Crippen LogP contribution in [0.1, 0.15) is 90.9 Å². The molecular formula is C20H37N3. The SMILES string of the molecule is CCCCCCCC(CCCCCC)N1CCCn2nccc21. The maximum absolute atomic E-state index is 4.49. The first-order valence-corrected chi connectivity index (χ1v) is 10.1. The monoisotopic (exact) mass is 319 g/mol. The van der Waals surface area contributed by atoms with Crippen molar-refractivity contribution in [1.82, 2.24) is 9.78 Å². The molecule has 0 radical (unpaired) electrons. The molecule has 3 nitrogen and oxygen atoms in total. The average Bonchev–Trinajstić information content (AvgIpc) is 3.05. The predicted molar refractivity (Wildman–Crippen MR) is 100 cm³/mol. The highest BCUT2D eigenvalue weighted by molar-refractivity contribution is 5.41. The normalized spacial score (nSPS) is 15.7. The van der Waals surface area contributed by atoms with Crippen LogP contribution < -0.4 is 4.90 Å². The number of aromatic nitrogens is 2. The molecular weight excluding hydrogens is 282 g/mol. The molecule has 132 valence electrons. The van der Waals surface area contributed by atoms with Gasteiger partial charge in [0.2, 0.25) is 0 Å². The molecule has 2 rings (SSSR count). The van der Waals surface area contributed by atoms with E-state index in [1.165, 1.54) is 89.4 Å². The van der Waals surface area contributed by atoms with Crippen molar-refractivity contribution in [3.8, 4) is 0 Å². The Kier molecular flexibility index (Phi) is 8.55. The van der Waals surface area contributed by atoms with Crippen molar-refractivity contribution in [3.05, 3.63) is 12.3 Å². The zero-order valence-corrected chi connectivity index (χ0v) is 15.5. The Bertz CT molecular complexity index is 413. The molecule has 0 fully saturated rings. The molecule has 0 saturated carbocycles. The van der Waals surface area contributed by atoms with Crippen molar-refractivity contribution in [2.24, 2.45) is 0 Å². The minimum Gasteiger partial charge on any atom is -0.354 e. The zero-order valence-electron chi connectivity index (χ0n) is 15.5. The van der Waals surface area contributed by atoms with E-state index in [0.29, 0.717) is 0 Å². The summed E-state index contributed by atoms with van der Waals surface area (Å²) >= 11 is 0. The Morgan fingerprint density at radius 3 is 2.26 bits per heavy atom. The molecule has 1 aromatic rings. The number of nitrogens with zero attached hydrogens (tertiary/aromatic N) is 3. The van der Waals surface area contributed by atoms with Gasteiger partial charge in [0.05, 0.1) is 6.20 Å². The van der Waals surface area contributed by atoms with Crippen LogP contribution in [-0.2, 0) is 6.54 Å². The number of unbranched alkanes of at least 4 members (excludes halogenated alkanes) is 7. The number of anilines is 1. The van der Waals surface area contributed by atoms with Crippen molar-refractivity contribution < 1.29 is 0 Å². The van der Waals surface area contributed by atoms with Gasteiger partial charge in [-0.25, -0.2) is 4.68 Å². The van der Waals surface area contributed by atoms with E-state index in [1.54, 1.807) is 0 Å². The first-order chi connectivity index (χ1) is 11.4. The second-order valence-corrected chi connectivity index (χ2v) is 7.17. The summed E-state index contributed by atoms with van der Waals surface area (Å²) in [6, 6.07) is 2.94. The quantitative estimate of drug-likeness (QED) is 0.454. The fourth-order valence-corrected chi connectivity index (χ4v) is 3.86. The van der Waals surface area contributed by atoms with Crippen LogP contribution in [0.15, 0.2) is 12.3 Å². The van der Waals surface area contributed by atoms with Crippen LogP contribution in [0.25, 0.3) is 0 Å². The molecule has 0 aromatic carbocycles. The van der Waals surface area contributed by atoms with Gasteiger partial charge in [-0.15, -0.1) is 0 Å². The van der Waals surface area contributed by atoms with Gasteiger partial charge in [-0.3, -0.25) is 0 Å². The maximum atomic E-state index is 4.49. The van der Waals surface area contributed by atoms with Crippen LogP contribution >= 0.6 is 0 Å². The fourth-order valence-electron chi connectivity index (χ4n) is 3.86. The molecule has 2 heterocycles. The van der Waals surface area contributed by atoms with Gasteiger partial charge in [0.15, 0.2) is 0 Å². The highest BCUT2D eigenvalue weighted by Crippen LogP contribution is 2.27. The predicted octanol–water partition coefficient (Wildman–Crippen LogP) is 5.79. The van der Waals surface area contributed by atoms with E-state index in [-0.39, 0.29) is 0 Å². The van der Waals surface area contributed by atoms with E-state index in [2.05, 4.69) is 34.6 Å². The lowest BCUT2D eigenvalue weighted by atomic mass is 9.98. The Morgan fingerprint density at radius 1 is 0.913 bits per heavy atom. The summed E-state index contributed by atoms with van der Waals surface area (Å²) in [5.74, 6) is 1.37. The van der Waals surface area contributed by atoms with E-state index in [9.17, 15) is 0 Å². The molecule has 0 aliphatic carbocycles. The summed E-state index contributed by atoms with van der Waals surface area (Å²) < 4.78 is 2.21. The third kappa shape index (κ3) is 5.86. The summed E-state index contributed by atoms with van der Waals surface area (Å²) in [4.78, 5) is 2.67. The minimum absolute atomic E-state index is 0.726. The van der Waals surface area contributed by atoms with E-state index in [4.69, 9.17) is 0 Å². The lowest BCUT2D eigenvalue weighted by Gasteiger charge is -2.37. The first-order valence-electron chi connectivity index (χ1n) is 10.1. The van der Waals surface area contributed by atoms with Crippen molar-refractivity contribution >= 4 is 5.82 Å². The fraction of sp³-hybridized carbons (Fsp3) is 0.850. The van der Waals surface area contributed by atoms with Gasteiger partial charge >= 0.3 is 0 Å². The summed E-state index contributed by atoms with van der Waals surface area (Å²) in [5.41, 5.74) is 0. The second kappa shape index (κ2) is 10.7. The van der Waals surface area contributed by atoms with Crippen LogP contribution in [0.3, 0.4) is 0 Å². The number of fused-ring (bicyclic) bond motifs is 1. The lowest BCUT2D eigenvalue weighted by Crippen LogP contribution is -2.40. The number of hydrogen-bond donors (Lipinski definition) is 0. The Morgan fingerprint density at radius 2 is 1.57 bits per heavy atom. The smallest absolute Gasteiger partial charge is 0.127 e. The number of rotatable bonds is 12. The zero-order chi connectivity index (χ0) is 16.3. The molecule has 1 atom stereocenters. The third-order valence-electron chi connectivity index (χ3n) is 5.23. The van der Waals surface area contributed by atoms with E-state index in [0.717, 1.165) is 12.6 Å². The number of hydrogen-bond acceptors (Lipinski definition) is 2. The molecule has 3 heteroatoms. The van der Waals surface area contributed by atoms with Crippen LogP contribution in [0.4, 0.5) is 5.82 Å². The maximum Gasteiger partial charge on any atom is 0.127 e. The Labute approximate surface area is 143 Å². The molecule has 1 unspecified atom stereocenters. The molecule has 23 heavy (non-hydrogen) atoms. The Balaban J connectivity index is 1.87. The molecule has 1 aliphatic rings. The van der Waals surface area contributed by atoms with Crippen molar-refractivity contribution in [3.63, 3.8) is 0 Å². The van der Waals surface area contributed by atoms with Crippen molar-refractivity contribution in [2.75, 3.05) is 11.4 Å². The molecule has 0 spiro atoms. The molecule has 1 aromatic heterocycles. The highest BCUT2D eigenvalue weighted by Gasteiger charge is 2.24. The van der Waals surface area contributed by atoms with Gasteiger partial charge in [0.1, 0.15) is 5.82 Å².